The van der Waals surface area contributed by atoms with E-state index in [0.29, 0.717) is 12.2 Å². The molecule has 0 saturated carbocycles. The molecule has 2 aliphatic heterocycles. The molecule has 0 aromatic rings. The third-order valence-electron chi connectivity index (χ3n) is 2.39. The van der Waals surface area contributed by atoms with Crippen molar-refractivity contribution < 1.29 is 19.0 Å². The second-order valence-electron chi connectivity index (χ2n) is 3.69. The van der Waals surface area contributed by atoms with E-state index in [1.54, 1.807) is 0 Å². The lowest BCUT2D eigenvalue weighted by molar-refractivity contribution is -0.154. The fraction of sp³-hybridized carbons (Fsp3) is 0.583. The highest BCUT2D eigenvalue weighted by Crippen LogP contribution is 2.13. The molecule has 1 unspecified atom stereocenters. The summed E-state index contributed by atoms with van der Waals surface area (Å²) in [6, 6.07) is 0. The van der Waals surface area contributed by atoms with Crippen LogP contribution in [0.4, 0.5) is 0 Å². The highest BCUT2D eigenvalue weighted by molar-refractivity contribution is 5.86. The minimum absolute atomic E-state index is 0.113. The molecule has 86 valence electrons. The Hall–Kier alpha value is -1.31. The first-order chi connectivity index (χ1) is 7.84. The zero-order valence-electron chi connectivity index (χ0n) is 9.03. The monoisotopic (exact) mass is 222 g/mol. The van der Waals surface area contributed by atoms with Crippen LogP contribution in [-0.4, -0.2) is 32.1 Å². The van der Waals surface area contributed by atoms with Crippen molar-refractivity contribution in [2.45, 2.75) is 25.6 Å². The molecule has 0 bridgehead atoms. The largest absolute Gasteiger partial charge is 0.457 e. The van der Waals surface area contributed by atoms with Gasteiger partial charge in [-0.15, -0.1) is 0 Å². The van der Waals surface area contributed by atoms with Crippen molar-refractivity contribution in [3.8, 4) is 11.8 Å². The summed E-state index contributed by atoms with van der Waals surface area (Å²) in [6.45, 7) is 1.38. The Morgan fingerprint density at radius 1 is 1.50 bits per heavy atom. The van der Waals surface area contributed by atoms with Crippen molar-refractivity contribution in [1.29, 1.82) is 0 Å². The van der Waals surface area contributed by atoms with Gasteiger partial charge in [-0.2, -0.15) is 0 Å². The molecule has 2 aliphatic rings. The lowest BCUT2D eigenvalue weighted by Crippen LogP contribution is -2.22. The molecule has 1 fully saturated rings. The van der Waals surface area contributed by atoms with Gasteiger partial charge in [0.25, 0.3) is 0 Å². The van der Waals surface area contributed by atoms with E-state index in [1.165, 1.54) is 6.08 Å². The number of esters is 1. The van der Waals surface area contributed by atoms with Crippen LogP contribution in [-0.2, 0) is 19.0 Å². The van der Waals surface area contributed by atoms with Crippen molar-refractivity contribution in [2.75, 3.05) is 19.8 Å². The van der Waals surface area contributed by atoms with Crippen LogP contribution in [0.15, 0.2) is 11.6 Å². The van der Waals surface area contributed by atoms with E-state index >= 15 is 0 Å². The maximum Gasteiger partial charge on any atom is 0.332 e. The first-order valence-electron chi connectivity index (χ1n) is 5.44. The summed E-state index contributed by atoms with van der Waals surface area (Å²) in [5.41, 5.74) is 0.707. The third-order valence-corrected chi connectivity index (χ3v) is 2.39. The van der Waals surface area contributed by atoms with E-state index in [0.717, 1.165) is 25.9 Å². The van der Waals surface area contributed by atoms with Gasteiger partial charge in [-0.1, -0.05) is 11.8 Å². The summed E-state index contributed by atoms with van der Waals surface area (Å²) < 4.78 is 15.5. The lowest BCUT2D eigenvalue weighted by Gasteiger charge is -2.21. The van der Waals surface area contributed by atoms with Crippen molar-refractivity contribution >= 4 is 5.97 Å². The molecule has 0 radical (unpaired) electrons. The average Bonchev–Trinajstić information content (AvgIpc) is 2.72. The Kier molecular flexibility index (Phi) is 3.97. The topological polar surface area (TPSA) is 44.8 Å². The van der Waals surface area contributed by atoms with Crippen LogP contribution in [0, 0.1) is 11.8 Å². The quantitative estimate of drug-likeness (QED) is 0.517. The Bertz CT molecular complexity index is 342. The lowest BCUT2D eigenvalue weighted by atomic mass is 10.2. The van der Waals surface area contributed by atoms with Gasteiger partial charge in [0.1, 0.15) is 13.2 Å². The van der Waals surface area contributed by atoms with Crippen molar-refractivity contribution in [2.24, 2.45) is 0 Å². The van der Waals surface area contributed by atoms with Crippen LogP contribution < -0.4 is 0 Å². The molecule has 4 nitrogen and oxygen atoms in total. The maximum absolute atomic E-state index is 10.7. The van der Waals surface area contributed by atoms with Gasteiger partial charge in [-0.05, 0) is 19.3 Å². The van der Waals surface area contributed by atoms with E-state index in [-0.39, 0.29) is 18.9 Å². The second-order valence-corrected chi connectivity index (χ2v) is 3.69. The Balaban J connectivity index is 1.69. The molecule has 1 atom stereocenters. The third kappa shape index (κ3) is 3.37. The van der Waals surface area contributed by atoms with Gasteiger partial charge < -0.3 is 14.2 Å². The van der Waals surface area contributed by atoms with Crippen LogP contribution in [0.25, 0.3) is 0 Å². The normalized spacial score (nSPS) is 24.4. The van der Waals surface area contributed by atoms with E-state index in [4.69, 9.17) is 14.2 Å². The summed E-state index contributed by atoms with van der Waals surface area (Å²) >= 11 is 0. The van der Waals surface area contributed by atoms with Crippen LogP contribution in [0.5, 0.6) is 0 Å². The van der Waals surface area contributed by atoms with Crippen molar-refractivity contribution in [3.05, 3.63) is 11.6 Å². The SMILES string of the molecule is O=C1C=C(C#CCOC2CCCCO2)CO1. The van der Waals surface area contributed by atoms with Crippen LogP contribution in [0.2, 0.25) is 0 Å². The molecule has 2 heterocycles. The summed E-state index contributed by atoms with van der Waals surface area (Å²) in [5.74, 6) is 5.36. The Morgan fingerprint density at radius 3 is 3.12 bits per heavy atom. The number of ether oxygens (including phenoxy) is 3. The van der Waals surface area contributed by atoms with E-state index in [1.807, 2.05) is 0 Å². The second kappa shape index (κ2) is 5.69. The molecule has 0 aliphatic carbocycles. The summed E-state index contributed by atoms with van der Waals surface area (Å²) in [6.07, 6.45) is 4.48. The van der Waals surface area contributed by atoms with Gasteiger partial charge in [0.2, 0.25) is 0 Å². The van der Waals surface area contributed by atoms with Crippen LogP contribution >= 0.6 is 0 Å². The van der Waals surface area contributed by atoms with Gasteiger partial charge >= 0.3 is 5.97 Å². The molecule has 1 saturated heterocycles. The first kappa shape index (κ1) is 11.2. The fourth-order valence-corrected chi connectivity index (χ4v) is 1.57. The summed E-state index contributed by atoms with van der Waals surface area (Å²) in [7, 11) is 0. The zero-order chi connectivity index (χ0) is 11.2. The number of carbonyl (C=O) groups excluding carboxylic acids is 1. The molecular formula is C12H14O4. The molecular weight excluding hydrogens is 208 g/mol. The van der Waals surface area contributed by atoms with E-state index in [2.05, 4.69) is 11.8 Å². The predicted octanol–water partition coefficient (Wildman–Crippen LogP) is 1.02. The molecule has 2 rings (SSSR count). The molecule has 0 spiro atoms. The highest BCUT2D eigenvalue weighted by atomic mass is 16.7. The molecule has 0 aromatic carbocycles. The average molecular weight is 222 g/mol. The Labute approximate surface area is 94.6 Å². The Morgan fingerprint density at radius 2 is 2.44 bits per heavy atom. The van der Waals surface area contributed by atoms with Gasteiger partial charge in [-0.3, -0.25) is 0 Å². The fourth-order valence-electron chi connectivity index (χ4n) is 1.57. The molecule has 0 amide bonds. The predicted molar refractivity (Wildman–Crippen MR) is 56.4 cm³/mol. The van der Waals surface area contributed by atoms with Crippen LogP contribution in [0.3, 0.4) is 0 Å². The van der Waals surface area contributed by atoms with E-state index in [9.17, 15) is 4.79 Å². The minimum Gasteiger partial charge on any atom is -0.457 e. The number of cyclic esters (lactones) is 1. The smallest absolute Gasteiger partial charge is 0.332 e. The van der Waals surface area contributed by atoms with Crippen molar-refractivity contribution in [1.82, 2.24) is 0 Å². The van der Waals surface area contributed by atoms with Gasteiger partial charge in [-0.25, -0.2) is 4.79 Å². The maximum atomic E-state index is 10.7. The zero-order valence-corrected chi connectivity index (χ0v) is 9.03. The van der Waals surface area contributed by atoms with Crippen molar-refractivity contribution in [3.63, 3.8) is 0 Å². The highest BCUT2D eigenvalue weighted by Gasteiger charge is 2.13. The number of carbonyl (C=O) groups is 1. The molecule has 16 heavy (non-hydrogen) atoms. The molecule has 0 aromatic heterocycles. The number of hydrogen-bond donors (Lipinski definition) is 0. The van der Waals surface area contributed by atoms with Gasteiger partial charge in [0.05, 0.1) is 0 Å². The number of rotatable bonds is 2. The van der Waals surface area contributed by atoms with Crippen LogP contribution in [0.1, 0.15) is 19.3 Å². The summed E-state index contributed by atoms with van der Waals surface area (Å²) in [5, 5.41) is 0. The summed E-state index contributed by atoms with van der Waals surface area (Å²) in [4.78, 5) is 10.7. The van der Waals surface area contributed by atoms with Gasteiger partial charge in [0.15, 0.2) is 6.29 Å². The molecule has 4 heteroatoms. The van der Waals surface area contributed by atoms with Gasteiger partial charge in [0, 0.05) is 18.3 Å². The minimum atomic E-state index is -0.319. The van der Waals surface area contributed by atoms with E-state index < -0.39 is 0 Å². The standard InChI is InChI=1S/C12H14O4/c13-11-8-10(9-16-11)4-3-7-15-12-5-1-2-6-14-12/h8,12H,1-2,5-7,9H2. The first-order valence-corrected chi connectivity index (χ1v) is 5.44. The molecule has 0 N–H and O–H groups in total. The number of hydrogen-bond acceptors (Lipinski definition) is 4.